The molecule has 5 heteroatoms. The van der Waals surface area contributed by atoms with E-state index in [-0.39, 0.29) is 11.4 Å². The van der Waals surface area contributed by atoms with Gasteiger partial charge in [0.2, 0.25) is 0 Å². The normalized spacial score (nSPS) is 11.4. The van der Waals surface area contributed by atoms with Crippen molar-refractivity contribution >= 4 is 28.5 Å². The number of nitrogens with zero attached hydrogens (tertiary/aromatic N) is 2. The summed E-state index contributed by atoms with van der Waals surface area (Å²) in [6.07, 6.45) is 3.77. The molecule has 0 aliphatic heterocycles. The molecule has 0 aliphatic rings. The number of fused-ring (bicyclic) bond motifs is 1. The first-order valence-electron chi connectivity index (χ1n) is 9.33. The van der Waals surface area contributed by atoms with E-state index in [1.54, 1.807) is 30.3 Å². The molecular weight excluding hydrogens is 379 g/mol. The Hall–Kier alpha value is -4.17. The number of aromatic nitrogens is 1. The molecule has 0 radical (unpaired) electrons. The highest BCUT2D eigenvalue weighted by molar-refractivity contribution is 5.98. The van der Waals surface area contributed by atoms with Crippen molar-refractivity contribution in [3.05, 3.63) is 107 Å². The lowest BCUT2D eigenvalue weighted by molar-refractivity contribution is 0.0697. The number of allylic oxidation sites excluding steroid dienone is 1. The first kappa shape index (κ1) is 19.2. The standard InChI is InChI=1S/C25H17FN2O2/c26-22-11-5-17(6-12-22)15-28-16-21(23-3-1-2-4-24(23)28)13-20(14-27)18-7-9-19(10-8-18)25(29)30/h1-13,16H,15H2,(H,29,30)/b20-13-. The van der Waals surface area contributed by atoms with Crippen LogP contribution >= 0.6 is 0 Å². The van der Waals surface area contributed by atoms with Crippen molar-refractivity contribution in [3.63, 3.8) is 0 Å². The predicted molar refractivity (Wildman–Crippen MR) is 114 cm³/mol. The third-order valence-electron chi connectivity index (χ3n) is 4.95. The van der Waals surface area contributed by atoms with Gasteiger partial charge in [0, 0.05) is 29.2 Å². The SMILES string of the molecule is N#C/C(=C/c1cn(Cc2ccc(F)cc2)c2ccccc12)c1ccc(C(=O)O)cc1. The van der Waals surface area contributed by atoms with Gasteiger partial charge in [-0.15, -0.1) is 0 Å². The maximum atomic E-state index is 13.2. The van der Waals surface area contributed by atoms with Crippen molar-refractivity contribution in [2.45, 2.75) is 6.54 Å². The van der Waals surface area contributed by atoms with E-state index in [1.165, 1.54) is 24.3 Å². The summed E-state index contributed by atoms with van der Waals surface area (Å²) >= 11 is 0. The molecule has 0 aliphatic carbocycles. The molecule has 4 nitrogen and oxygen atoms in total. The number of aromatic carboxylic acids is 1. The van der Waals surface area contributed by atoms with Crippen molar-refractivity contribution < 1.29 is 14.3 Å². The highest BCUT2D eigenvalue weighted by atomic mass is 19.1. The van der Waals surface area contributed by atoms with E-state index in [4.69, 9.17) is 5.11 Å². The summed E-state index contributed by atoms with van der Waals surface area (Å²) in [7, 11) is 0. The number of halogens is 1. The van der Waals surface area contributed by atoms with E-state index >= 15 is 0 Å². The number of nitriles is 1. The third kappa shape index (κ3) is 3.85. The molecule has 0 spiro atoms. The van der Waals surface area contributed by atoms with Crippen LogP contribution in [0, 0.1) is 17.1 Å². The molecule has 1 N–H and O–H groups in total. The zero-order valence-electron chi connectivity index (χ0n) is 15.9. The van der Waals surface area contributed by atoms with Gasteiger partial charge in [-0.3, -0.25) is 0 Å². The van der Waals surface area contributed by atoms with Gasteiger partial charge in [0.1, 0.15) is 5.82 Å². The third-order valence-corrected chi connectivity index (χ3v) is 4.95. The molecule has 0 unspecified atom stereocenters. The molecule has 4 aromatic rings. The monoisotopic (exact) mass is 396 g/mol. The van der Waals surface area contributed by atoms with Crippen LogP contribution in [0.25, 0.3) is 22.6 Å². The van der Waals surface area contributed by atoms with Gasteiger partial charge >= 0.3 is 5.97 Å². The zero-order valence-corrected chi connectivity index (χ0v) is 15.9. The van der Waals surface area contributed by atoms with Crippen LogP contribution < -0.4 is 0 Å². The highest BCUT2D eigenvalue weighted by Crippen LogP contribution is 2.27. The van der Waals surface area contributed by atoms with Gasteiger partial charge in [0.15, 0.2) is 0 Å². The maximum absolute atomic E-state index is 13.2. The summed E-state index contributed by atoms with van der Waals surface area (Å²) < 4.78 is 15.3. The number of carboxylic acid groups (broad SMARTS) is 1. The second-order valence-corrected chi connectivity index (χ2v) is 6.91. The minimum Gasteiger partial charge on any atom is -0.478 e. The Balaban J connectivity index is 1.75. The van der Waals surface area contributed by atoms with Crippen LogP contribution in [0.15, 0.2) is 79.0 Å². The molecule has 4 rings (SSSR count). The van der Waals surface area contributed by atoms with Crippen LogP contribution in [0.1, 0.15) is 27.0 Å². The number of benzene rings is 3. The molecule has 1 heterocycles. The van der Waals surface area contributed by atoms with Gasteiger partial charge in [0.05, 0.1) is 17.2 Å². The number of carboxylic acids is 1. The first-order chi connectivity index (χ1) is 14.5. The Labute approximate surface area is 172 Å². The summed E-state index contributed by atoms with van der Waals surface area (Å²) in [4.78, 5) is 11.1. The van der Waals surface area contributed by atoms with E-state index < -0.39 is 5.97 Å². The van der Waals surface area contributed by atoms with Crippen molar-refractivity contribution in [3.8, 4) is 6.07 Å². The topological polar surface area (TPSA) is 66.0 Å². The van der Waals surface area contributed by atoms with Crippen molar-refractivity contribution in [1.82, 2.24) is 4.57 Å². The van der Waals surface area contributed by atoms with Gasteiger partial charge in [0.25, 0.3) is 0 Å². The van der Waals surface area contributed by atoms with Gasteiger partial charge in [-0.2, -0.15) is 5.26 Å². The summed E-state index contributed by atoms with van der Waals surface area (Å²) in [6, 6.07) is 22.7. The lowest BCUT2D eigenvalue weighted by Gasteiger charge is -2.05. The largest absolute Gasteiger partial charge is 0.478 e. The fourth-order valence-electron chi connectivity index (χ4n) is 3.44. The average molecular weight is 396 g/mol. The number of carbonyl (C=O) groups is 1. The van der Waals surface area contributed by atoms with Crippen LogP contribution in [0.5, 0.6) is 0 Å². The Kier molecular flexibility index (Phi) is 5.15. The van der Waals surface area contributed by atoms with Gasteiger partial charge in [-0.05, 0) is 47.5 Å². The number of hydrogen-bond acceptors (Lipinski definition) is 2. The molecule has 30 heavy (non-hydrogen) atoms. The van der Waals surface area contributed by atoms with Crippen LogP contribution in [0.3, 0.4) is 0 Å². The van der Waals surface area contributed by atoms with Gasteiger partial charge in [-0.25, -0.2) is 9.18 Å². The second-order valence-electron chi connectivity index (χ2n) is 6.91. The molecule has 0 bridgehead atoms. The Bertz CT molecular complexity index is 1290. The fraction of sp³-hybridized carbons (Fsp3) is 0.0400. The quantitative estimate of drug-likeness (QED) is 0.447. The van der Waals surface area contributed by atoms with E-state index in [2.05, 4.69) is 10.6 Å². The minimum absolute atomic E-state index is 0.173. The van der Waals surface area contributed by atoms with Crippen LogP contribution in [-0.2, 0) is 6.54 Å². The molecule has 1 aromatic heterocycles. The van der Waals surface area contributed by atoms with E-state index in [1.807, 2.05) is 30.5 Å². The molecule has 0 saturated carbocycles. The average Bonchev–Trinajstić information content (AvgIpc) is 3.11. The maximum Gasteiger partial charge on any atom is 0.335 e. The number of rotatable bonds is 5. The van der Waals surface area contributed by atoms with Crippen LogP contribution in [0.4, 0.5) is 4.39 Å². The highest BCUT2D eigenvalue weighted by Gasteiger charge is 2.10. The second kappa shape index (κ2) is 8.06. The number of hydrogen-bond donors (Lipinski definition) is 1. The molecule has 0 saturated heterocycles. The molecule has 0 amide bonds. The van der Waals surface area contributed by atoms with E-state index in [0.29, 0.717) is 17.7 Å². The van der Waals surface area contributed by atoms with Crippen molar-refractivity contribution in [2.24, 2.45) is 0 Å². The molecule has 3 aromatic carbocycles. The van der Waals surface area contributed by atoms with E-state index in [0.717, 1.165) is 22.0 Å². The molecular formula is C25H17FN2O2. The molecule has 0 fully saturated rings. The lowest BCUT2D eigenvalue weighted by Crippen LogP contribution is -1.97. The summed E-state index contributed by atoms with van der Waals surface area (Å²) in [6.45, 7) is 0.573. The zero-order chi connectivity index (χ0) is 21.1. The predicted octanol–water partition coefficient (Wildman–Crippen LogP) is 5.59. The molecule has 0 atom stereocenters. The van der Waals surface area contributed by atoms with Crippen LogP contribution in [-0.4, -0.2) is 15.6 Å². The fourth-order valence-corrected chi connectivity index (χ4v) is 3.44. The summed E-state index contributed by atoms with van der Waals surface area (Å²) in [5.41, 5.74) is 4.12. The summed E-state index contributed by atoms with van der Waals surface area (Å²) in [5.74, 6) is -1.28. The van der Waals surface area contributed by atoms with Crippen molar-refractivity contribution in [1.29, 1.82) is 5.26 Å². The Morgan fingerprint density at radius 1 is 1.00 bits per heavy atom. The Morgan fingerprint density at radius 2 is 1.67 bits per heavy atom. The smallest absolute Gasteiger partial charge is 0.335 e. The minimum atomic E-state index is -1.01. The van der Waals surface area contributed by atoms with Gasteiger partial charge in [-0.1, -0.05) is 42.5 Å². The first-order valence-corrected chi connectivity index (χ1v) is 9.33. The van der Waals surface area contributed by atoms with Crippen LogP contribution in [0.2, 0.25) is 0 Å². The summed E-state index contributed by atoms with van der Waals surface area (Å²) in [5, 5.41) is 19.7. The van der Waals surface area contributed by atoms with Gasteiger partial charge < -0.3 is 9.67 Å². The Morgan fingerprint density at radius 3 is 2.33 bits per heavy atom. The van der Waals surface area contributed by atoms with E-state index in [9.17, 15) is 14.4 Å². The lowest BCUT2D eigenvalue weighted by atomic mass is 10.0. The molecule has 146 valence electrons. The van der Waals surface area contributed by atoms with Crippen molar-refractivity contribution in [2.75, 3.05) is 0 Å². The number of para-hydroxylation sites is 1.